The van der Waals surface area contributed by atoms with E-state index >= 15 is 0 Å². The van der Waals surface area contributed by atoms with Gasteiger partial charge in [-0.15, -0.1) is 0 Å². The molecule has 4 atom stereocenters. The van der Waals surface area contributed by atoms with Crippen molar-refractivity contribution in [3.63, 3.8) is 0 Å². The van der Waals surface area contributed by atoms with E-state index in [4.69, 9.17) is 4.98 Å². The van der Waals surface area contributed by atoms with Crippen molar-refractivity contribution in [2.24, 2.45) is 0 Å². The molecule has 1 aromatic rings. The average molecular weight is 323 g/mol. The highest BCUT2D eigenvalue weighted by Gasteiger charge is 2.39. The molecule has 0 radical (unpaired) electrons. The number of aromatic nitrogens is 1. The lowest BCUT2D eigenvalue weighted by Crippen LogP contribution is -2.48. The van der Waals surface area contributed by atoms with Gasteiger partial charge in [0, 0.05) is 45.9 Å². The third kappa shape index (κ3) is 3.43. The second-order valence-electron chi connectivity index (χ2n) is 6.08. The van der Waals surface area contributed by atoms with Gasteiger partial charge >= 0.3 is 0 Å². The van der Waals surface area contributed by atoms with Crippen LogP contribution in [-0.4, -0.2) is 39.6 Å². The molecule has 116 valence electrons. The summed E-state index contributed by atoms with van der Waals surface area (Å²) in [5, 5.41) is 5.34. The van der Waals surface area contributed by atoms with Crippen LogP contribution in [-0.2, 0) is 6.42 Å². The lowest BCUT2D eigenvalue weighted by molar-refractivity contribution is 0.409. The van der Waals surface area contributed by atoms with E-state index in [-0.39, 0.29) is 0 Å². The highest BCUT2D eigenvalue weighted by molar-refractivity contribution is 8.07. The van der Waals surface area contributed by atoms with Crippen LogP contribution in [0.3, 0.4) is 0 Å². The van der Waals surface area contributed by atoms with E-state index in [1.54, 1.807) is 0 Å². The molecular weight excluding hydrogens is 296 g/mol. The first kappa shape index (κ1) is 15.7. The maximum atomic E-state index is 4.73. The molecule has 4 heteroatoms. The van der Waals surface area contributed by atoms with Gasteiger partial charge in [-0.3, -0.25) is 4.98 Å². The van der Waals surface area contributed by atoms with Crippen molar-refractivity contribution in [1.29, 1.82) is 0 Å². The van der Waals surface area contributed by atoms with Gasteiger partial charge in [0.05, 0.1) is 0 Å². The van der Waals surface area contributed by atoms with Crippen LogP contribution in [0.2, 0.25) is 0 Å². The molecule has 0 amide bonds. The van der Waals surface area contributed by atoms with Crippen molar-refractivity contribution >= 4 is 23.5 Å². The van der Waals surface area contributed by atoms with Crippen molar-refractivity contribution in [1.82, 2.24) is 10.3 Å². The molecule has 1 aliphatic heterocycles. The van der Waals surface area contributed by atoms with Crippen molar-refractivity contribution in [2.75, 3.05) is 18.1 Å². The van der Waals surface area contributed by atoms with Gasteiger partial charge in [0.25, 0.3) is 0 Å². The molecule has 2 nitrogen and oxygen atoms in total. The molecule has 1 aliphatic carbocycles. The topological polar surface area (TPSA) is 24.9 Å². The first-order valence-corrected chi connectivity index (χ1v) is 10.3. The Labute approximate surface area is 137 Å². The summed E-state index contributed by atoms with van der Waals surface area (Å²) in [6.07, 6.45) is 5.65. The molecule has 3 rings (SSSR count). The molecule has 0 saturated carbocycles. The number of aryl methyl sites for hydroxylation is 1. The number of nitrogens with one attached hydrogen (secondary N) is 1. The average Bonchev–Trinajstić information content (AvgIpc) is 2.93. The minimum absolute atomic E-state index is 0.578. The molecule has 0 aromatic carbocycles. The van der Waals surface area contributed by atoms with Crippen LogP contribution >= 0.6 is 23.5 Å². The molecule has 0 bridgehead atoms. The Morgan fingerprint density at radius 1 is 1.38 bits per heavy atom. The Hall–Kier alpha value is -0.190. The molecule has 21 heavy (non-hydrogen) atoms. The predicted octanol–water partition coefficient (Wildman–Crippen LogP) is 3.72. The summed E-state index contributed by atoms with van der Waals surface area (Å²) in [7, 11) is 0. The summed E-state index contributed by atoms with van der Waals surface area (Å²) in [5.41, 5.74) is 2.85. The van der Waals surface area contributed by atoms with Gasteiger partial charge in [-0.25, -0.2) is 0 Å². The molecule has 0 spiro atoms. The van der Waals surface area contributed by atoms with Gasteiger partial charge in [0.1, 0.15) is 0 Å². The van der Waals surface area contributed by atoms with E-state index in [0.717, 1.165) is 11.8 Å². The summed E-state index contributed by atoms with van der Waals surface area (Å²) in [4.78, 5) is 4.73. The fourth-order valence-corrected chi connectivity index (χ4v) is 6.64. The zero-order valence-electron chi connectivity index (χ0n) is 13.0. The number of hydrogen-bond donors (Lipinski definition) is 1. The molecule has 1 fully saturated rings. The minimum Gasteiger partial charge on any atom is -0.312 e. The number of hydrogen-bond acceptors (Lipinski definition) is 4. The number of thioether (sulfide) groups is 2. The summed E-state index contributed by atoms with van der Waals surface area (Å²) < 4.78 is 0. The number of fused-ring (bicyclic) bond motifs is 1. The predicted molar refractivity (Wildman–Crippen MR) is 95.5 cm³/mol. The van der Waals surface area contributed by atoms with E-state index in [2.05, 4.69) is 54.8 Å². The highest BCUT2D eigenvalue weighted by atomic mass is 32.2. The molecule has 1 saturated heterocycles. The zero-order valence-corrected chi connectivity index (χ0v) is 14.7. The Kier molecular flexibility index (Phi) is 5.52. The highest BCUT2D eigenvalue weighted by Crippen LogP contribution is 2.41. The van der Waals surface area contributed by atoms with Crippen molar-refractivity contribution in [3.05, 3.63) is 29.6 Å². The van der Waals surface area contributed by atoms with Crippen LogP contribution in [0.4, 0.5) is 0 Å². The maximum Gasteiger partial charge on any atom is 0.0482 e. The lowest BCUT2D eigenvalue weighted by atomic mass is 9.92. The molecule has 4 unspecified atom stereocenters. The second kappa shape index (κ2) is 7.38. The normalized spacial score (nSPS) is 30.1. The number of nitrogens with zero attached hydrogens (tertiary/aromatic N) is 1. The minimum atomic E-state index is 0.578. The van der Waals surface area contributed by atoms with Gasteiger partial charge in [-0.1, -0.05) is 19.9 Å². The monoisotopic (exact) mass is 322 g/mol. The van der Waals surface area contributed by atoms with E-state index in [0.29, 0.717) is 17.2 Å². The number of pyridine rings is 1. The summed E-state index contributed by atoms with van der Waals surface area (Å²) in [5.74, 6) is 3.21. The third-order valence-electron chi connectivity index (χ3n) is 4.66. The van der Waals surface area contributed by atoms with Crippen LogP contribution in [0, 0.1) is 0 Å². The van der Waals surface area contributed by atoms with Crippen molar-refractivity contribution < 1.29 is 0 Å². The largest absolute Gasteiger partial charge is 0.312 e. The molecule has 1 N–H and O–H groups in total. The number of rotatable bonds is 5. The Bertz CT molecular complexity index is 466. The summed E-state index contributed by atoms with van der Waals surface area (Å²) in [6.45, 7) is 5.80. The van der Waals surface area contributed by atoms with Crippen molar-refractivity contribution in [2.45, 2.75) is 55.6 Å². The van der Waals surface area contributed by atoms with Gasteiger partial charge in [-0.05, 0) is 37.4 Å². The van der Waals surface area contributed by atoms with Crippen LogP contribution in [0.15, 0.2) is 18.3 Å². The van der Waals surface area contributed by atoms with E-state index in [1.807, 2.05) is 6.20 Å². The van der Waals surface area contributed by atoms with Crippen LogP contribution in [0.25, 0.3) is 0 Å². The molecule has 1 aromatic heterocycles. The quantitative estimate of drug-likeness (QED) is 0.893. The standard InChI is InChI=1S/C17H26N2S2/c1-3-8-18-16(17-12(2)20-10-11-21-17)14-7-6-13-5-4-9-19-15(13)14/h4-5,9,12,14,16-18H,3,6-8,10-11H2,1-2H3. The van der Waals surface area contributed by atoms with Gasteiger partial charge < -0.3 is 5.32 Å². The first-order chi connectivity index (χ1) is 10.3. The summed E-state index contributed by atoms with van der Waals surface area (Å²) in [6, 6.07) is 4.93. The van der Waals surface area contributed by atoms with Crippen LogP contribution < -0.4 is 5.32 Å². The van der Waals surface area contributed by atoms with Gasteiger partial charge in [0.15, 0.2) is 0 Å². The molecule has 2 aliphatic rings. The van der Waals surface area contributed by atoms with Gasteiger partial charge in [-0.2, -0.15) is 23.5 Å². The van der Waals surface area contributed by atoms with Crippen LogP contribution in [0.1, 0.15) is 43.9 Å². The van der Waals surface area contributed by atoms with Crippen molar-refractivity contribution in [3.8, 4) is 0 Å². The summed E-state index contributed by atoms with van der Waals surface area (Å²) >= 11 is 4.33. The zero-order chi connectivity index (χ0) is 14.7. The fourth-order valence-electron chi connectivity index (χ4n) is 3.64. The smallest absolute Gasteiger partial charge is 0.0482 e. The molecule has 2 heterocycles. The van der Waals surface area contributed by atoms with E-state index < -0.39 is 0 Å². The third-order valence-corrected chi connectivity index (χ3v) is 7.87. The molecular formula is C17H26N2S2. The van der Waals surface area contributed by atoms with E-state index in [9.17, 15) is 0 Å². The SMILES string of the molecule is CCCNC(C1CCc2cccnc21)C1SCCSC1C. The Morgan fingerprint density at radius 3 is 3.05 bits per heavy atom. The Balaban J connectivity index is 1.82. The Morgan fingerprint density at radius 2 is 2.24 bits per heavy atom. The van der Waals surface area contributed by atoms with E-state index in [1.165, 1.54) is 42.0 Å². The maximum absolute atomic E-state index is 4.73. The van der Waals surface area contributed by atoms with Gasteiger partial charge in [0.2, 0.25) is 0 Å². The fraction of sp³-hybridized carbons (Fsp3) is 0.706. The second-order valence-corrected chi connectivity index (χ2v) is 8.86. The lowest BCUT2D eigenvalue weighted by Gasteiger charge is -2.38. The van der Waals surface area contributed by atoms with Crippen LogP contribution in [0.5, 0.6) is 0 Å². The first-order valence-electron chi connectivity index (χ1n) is 8.21.